The lowest BCUT2D eigenvalue weighted by Crippen LogP contribution is -2.12. The predicted octanol–water partition coefficient (Wildman–Crippen LogP) is 7.64. The zero-order valence-electron chi connectivity index (χ0n) is 21.2. The highest BCUT2D eigenvalue weighted by atomic mass is 19.4. The summed E-state index contributed by atoms with van der Waals surface area (Å²) in [6.45, 7) is 0. The summed E-state index contributed by atoms with van der Waals surface area (Å²) in [4.78, 5) is 11.6. The molecule has 6 aromatic rings. The maximum Gasteiger partial charge on any atom is 0.417 e. The second kappa shape index (κ2) is 10.3. The third-order valence-corrected chi connectivity index (χ3v) is 6.49. The molecule has 2 aromatic carbocycles. The first-order chi connectivity index (χ1) is 20.4. The van der Waals surface area contributed by atoms with Crippen molar-refractivity contribution in [2.24, 2.45) is 0 Å². The topological polar surface area (TPSA) is 93.4 Å². The van der Waals surface area contributed by atoms with E-state index >= 15 is 0 Å². The molecule has 15 heteroatoms. The molecule has 218 valence electrons. The van der Waals surface area contributed by atoms with Gasteiger partial charge in [0, 0.05) is 28.5 Å². The number of imidazole rings is 1. The second-order valence-electron chi connectivity index (χ2n) is 9.27. The van der Waals surface area contributed by atoms with Crippen LogP contribution in [-0.4, -0.2) is 30.3 Å². The molecule has 0 saturated heterocycles. The van der Waals surface area contributed by atoms with Crippen molar-refractivity contribution in [2.75, 3.05) is 0 Å². The number of halogens is 8. The molecule has 43 heavy (non-hydrogen) atoms. The Kier molecular flexibility index (Phi) is 6.66. The van der Waals surface area contributed by atoms with Crippen LogP contribution in [0.3, 0.4) is 0 Å². The normalized spacial score (nSPS) is 12.3. The van der Waals surface area contributed by atoms with Crippen LogP contribution in [0.5, 0.6) is 0 Å². The molecule has 0 radical (unpaired) electrons. The molecule has 6 rings (SSSR count). The monoisotopic (exact) mass is 602 g/mol. The fourth-order valence-corrected chi connectivity index (χ4v) is 4.53. The van der Waals surface area contributed by atoms with Gasteiger partial charge in [-0.3, -0.25) is 4.98 Å². The Morgan fingerprint density at radius 2 is 1.60 bits per heavy atom. The van der Waals surface area contributed by atoms with Crippen molar-refractivity contribution in [2.45, 2.75) is 18.8 Å². The van der Waals surface area contributed by atoms with E-state index in [2.05, 4.69) is 30.3 Å². The number of rotatable bonds is 5. The summed E-state index contributed by atoms with van der Waals surface area (Å²) in [5.41, 5.74) is -2.60. The highest BCUT2D eigenvalue weighted by molar-refractivity contribution is 5.93. The first kappa shape index (κ1) is 27.9. The number of pyridine rings is 1. The van der Waals surface area contributed by atoms with E-state index in [1.165, 1.54) is 36.8 Å². The zero-order valence-corrected chi connectivity index (χ0v) is 21.2. The Morgan fingerprint density at radius 3 is 2.37 bits per heavy atom. The molecular weight excluding hydrogens is 588 g/mol. The minimum Gasteiger partial charge on any atom is -0.360 e. The quantitative estimate of drug-likeness (QED) is 0.204. The van der Waals surface area contributed by atoms with E-state index in [0.717, 1.165) is 12.1 Å². The van der Waals surface area contributed by atoms with Crippen molar-refractivity contribution in [3.05, 3.63) is 101 Å². The Bertz CT molecular complexity index is 1980. The molecule has 0 bridgehead atoms. The number of nitrogens with zero attached hydrogens (tertiary/aromatic N) is 5. The summed E-state index contributed by atoms with van der Waals surface area (Å²) in [5.74, 6) is -2.31. The first-order valence-electron chi connectivity index (χ1n) is 12.2. The van der Waals surface area contributed by atoms with Gasteiger partial charge in [-0.2, -0.15) is 31.4 Å². The van der Waals surface area contributed by atoms with E-state index in [1.54, 1.807) is 0 Å². The number of nitrogens with one attached hydrogen (secondary N) is 1. The van der Waals surface area contributed by atoms with Crippen molar-refractivity contribution < 1.29 is 39.6 Å². The van der Waals surface area contributed by atoms with Gasteiger partial charge in [0.25, 0.3) is 0 Å². The van der Waals surface area contributed by atoms with Gasteiger partial charge >= 0.3 is 12.4 Å². The van der Waals surface area contributed by atoms with Crippen molar-refractivity contribution in [3.63, 3.8) is 0 Å². The molecular formula is C28H14F8N6O. The van der Waals surface area contributed by atoms with Gasteiger partial charge in [-0.1, -0.05) is 17.3 Å². The van der Waals surface area contributed by atoms with E-state index in [-0.39, 0.29) is 52.2 Å². The van der Waals surface area contributed by atoms with Crippen LogP contribution in [0.1, 0.15) is 22.6 Å². The number of hydrogen-bond acceptors (Lipinski definition) is 6. The highest BCUT2D eigenvalue weighted by Crippen LogP contribution is 2.41. The molecule has 4 aromatic heterocycles. The van der Waals surface area contributed by atoms with Gasteiger partial charge in [0.15, 0.2) is 11.6 Å². The fourth-order valence-electron chi connectivity index (χ4n) is 4.53. The van der Waals surface area contributed by atoms with Gasteiger partial charge in [0.1, 0.15) is 22.7 Å². The maximum absolute atomic E-state index is 15.0. The van der Waals surface area contributed by atoms with Crippen LogP contribution in [0, 0.1) is 11.6 Å². The van der Waals surface area contributed by atoms with Gasteiger partial charge in [0.05, 0.1) is 41.3 Å². The van der Waals surface area contributed by atoms with Crippen molar-refractivity contribution in [1.82, 2.24) is 30.3 Å². The van der Waals surface area contributed by atoms with Gasteiger partial charge in [-0.05, 0) is 36.4 Å². The zero-order chi connectivity index (χ0) is 30.5. The van der Waals surface area contributed by atoms with Gasteiger partial charge in [0.2, 0.25) is 0 Å². The Balaban J connectivity index is 1.41. The van der Waals surface area contributed by atoms with Crippen LogP contribution in [0.15, 0.2) is 71.6 Å². The third kappa shape index (κ3) is 5.29. The minimum atomic E-state index is -5.11. The van der Waals surface area contributed by atoms with E-state index in [1.807, 2.05) is 0 Å². The molecule has 0 saturated carbocycles. The predicted molar refractivity (Wildman–Crippen MR) is 135 cm³/mol. The van der Waals surface area contributed by atoms with E-state index in [0.29, 0.717) is 23.2 Å². The van der Waals surface area contributed by atoms with Gasteiger partial charge in [-0.15, -0.1) is 5.10 Å². The Hall–Kier alpha value is -5.21. The molecule has 0 aliphatic carbocycles. The minimum absolute atomic E-state index is 0.00290. The molecule has 0 aliphatic heterocycles. The van der Waals surface area contributed by atoms with E-state index in [4.69, 9.17) is 4.52 Å². The number of aromatic nitrogens is 6. The third-order valence-electron chi connectivity index (χ3n) is 6.49. The molecule has 0 unspecified atom stereocenters. The number of alkyl halides is 6. The maximum atomic E-state index is 15.0. The average molecular weight is 602 g/mol. The standard InChI is InChI=1S/C28H14F8N6O/c29-20-3-1-2-17(23(20)30)24-18(25-26-22(11-39-41-25)37-12-38-26)7-5-14(40-24)9-15-10-21(42-43-15)16-6-4-13(27(31,32)33)8-19(16)28(34,35)36/h1-8,10-12H,9H2,(H,37,38). The summed E-state index contributed by atoms with van der Waals surface area (Å²) in [7, 11) is 0. The lowest BCUT2D eigenvalue weighted by molar-refractivity contribution is -0.142. The summed E-state index contributed by atoms with van der Waals surface area (Å²) in [6.07, 6.45) is -7.43. The van der Waals surface area contributed by atoms with Crippen LogP contribution in [-0.2, 0) is 18.8 Å². The molecule has 0 aliphatic rings. The molecule has 0 atom stereocenters. The van der Waals surface area contributed by atoms with Crippen LogP contribution in [0.25, 0.3) is 44.8 Å². The van der Waals surface area contributed by atoms with Crippen molar-refractivity contribution >= 4 is 11.0 Å². The van der Waals surface area contributed by atoms with Crippen LogP contribution in [0.2, 0.25) is 0 Å². The largest absolute Gasteiger partial charge is 0.417 e. The molecule has 4 heterocycles. The number of benzene rings is 2. The van der Waals surface area contributed by atoms with Crippen molar-refractivity contribution in [3.8, 4) is 33.8 Å². The first-order valence-corrected chi connectivity index (χ1v) is 12.2. The van der Waals surface area contributed by atoms with Crippen LogP contribution >= 0.6 is 0 Å². The van der Waals surface area contributed by atoms with E-state index in [9.17, 15) is 35.1 Å². The fraction of sp³-hybridized carbons (Fsp3) is 0.107. The molecule has 0 amide bonds. The molecule has 0 fully saturated rings. The summed E-state index contributed by atoms with van der Waals surface area (Å²) >= 11 is 0. The Labute approximate surface area is 235 Å². The number of aromatic amines is 1. The van der Waals surface area contributed by atoms with Crippen LogP contribution in [0.4, 0.5) is 35.1 Å². The van der Waals surface area contributed by atoms with E-state index < -0.39 is 40.7 Å². The lowest BCUT2D eigenvalue weighted by Gasteiger charge is -2.14. The summed E-state index contributed by atoms with van der Waals surface area (Å²) < 4.78 is 115. The van der Waals surface area contributed by atoms with Gasteiger partial charge in [-0.25, -0.2) is 13.8 Å². The Morgan fingerprint density at radius 1 is 0.814 bits per heavy atom. The number of fused-ring (bicyclic) bond motifs is 1. The summed E-state index contributed by atoms with van der Waals surface area (Å²) in [5, 5.41) is 11.7. The highest BCUT2D eigenvalue weighted by Gasteiger charge is 2.39. The smallest absolute Gasteiger partial charge is 0.360 e. The summed E-state index contributed by atoms with van der Waals surface area (Å²) in [6, 6.07) is 8.88. The van der Waals surface area contributed by atoms with Crippen LogP contribution < -0.4 is 0 Å². The molecule has 7 nitrogen and oxygen atoms in total. The van der Waals surface area contributed by atoms with Crippen molar-refractivity contribution in [1.29, 1.82) is 0 Å². The SMILES string of the molecule is Fc1cccc(-c2nc(Cc3cc(-c4ccc(C(F)(F)F)cc4C(F)(F)F)no3)ccc2-c2nncc3[nH]cnc23)c1F. The molecule has 1 N–H and O–H groups in total. The average Bonchev–Trinajstić information content (AvgIpc) is 3.63. The lowest BCUT2D eigenvalue weighted by atomic mass is 9.99. The molecule has 0 spiro atoms. The second-order valence-corrected chi connectivity index (χ2v) is 9.27. The number of H-pyrrole nitrogens is 1. The van der Waals surface area contributed by atoms with Gasteiger partial charge < -0.3 is 9.51 Å². The number of hydrogen-bond donors (Lipinski definition) is 1.